The number of carbonyl (C=O) groups excluding carboxylic acids is 1. The highest BCUT2D eigenvalue weighted by atomic mass is 16.3. The van der Waals surface area contributed by atoms with Crippen molar-refractivity contribution < 1.29 is 9.90 Å². The van der Waals surface area contributed by atoms with E-state index in [4.69, 9.17) is 5.11 Å². The highest BCUT2D eigenvalue weighted by molar-refractivity contribution is 5.76. The van der Waals surface area contributed by atoms with Crippen LogP contribution in [0.15, 0.2) is 18.7 Å². The molecule has 1 amide bonds. The van der Waals surface area contributed by atoms with Crippen LogP contribution in [0.5, 0.6) is 0 Å². The smallest absolute Gasteiger partial charge is 0.224 e. The van der Waals surface area contributed by atoms with Crippen LogP contribution in [0.1, 0.15) is 32.1 Å². The normalized spacial score (nSPS) is 19.4. The number of carbonyl (C=O) groups is 1. The lowest BCUT2D eigenvalue weighted by molar-refractivity contribution is -0.132. The number of aromatic nitrogens is 2. The predicted molar refractivity (Wildman–Crippen MR) is 67.9 cm³/mol. The number of hydrogen-bond acceptors (Lipinski definition) is 3. The zero-order chi connectivity index (χ0) is 12.8. The van der Waals surface area contributed by atoms with Gasteiger partial charge in [0.15, 0.2) is 0 Å². The van der Waals surface area contributed by atoms with E-state index in [0.717, 1.165) is 32.2 Å². The maximum atomic E-state index is 12.1. The van der Waals surface area contributed by atoms with E-state index in [9.17, 15) is 4.79 Å². The molecule has 0 radical (unpaired) electrons. The zero-order valence-corrected chi connectivity index (χ0v) is 10.7. The third kappa shape index (κ3) is 3.32. The van der Waals surface area contributed by atoms with E-state index >= 15 is 0 Å². The first kappa shape index (κ1) is 13.1. The second-order valence-electron chi connectivity index (χ2n) is 4.80. The average molecular weight is 251 g/mol. The topological polar surface area (TPSA) is 58.4 Å². The van der Waals surface area contributed by atoms with Crippen molar-refractivity contribution in [2.45, 2.75) is 44.7 Å². The summed E-state index contributed by atoms with van der Waals surface area (Å²) in [6.07, 6.45) is 9.75. The second kappa shape index (κ2) is 6.54. The Morgan fingerprint density at radius 1 is 1.50 bits per heavy atom. The van der Waals surface area contributed by atoms with Crippen LogP contribution in [0.4, 0.5) is 0 Å². The molecule has 2 heterocycles. The number of likely N-dealkylation sites (tertiary alicyclic amines) is 1. The van der Waals surface area contributed by atoms with Crippen molar-refractivity contribution in [3.05, 3.63) is 18.7 Å². The Bertz CT molecular complexity index is 364. The fraction of sp³-hybridized carbons (Fsp3) is 0.692. The van der Waals surface area contributed by atoms with E-state index in [0.29, 0.717) is 19.0 Å². The van der Waals surface area contributed by atoms with Crippen LogP contribution < -0.4 is 0 Å². The summed E-state index contributed by atoms with van der Waals surface area (Å²) in [6.45, 7) is 1.79. The third-order valence-electron chi connectivity index (χ3n) is 3.54. The monoisotopic (exact) mass is 251 g/mol. The van der Waals surface area contributed by atoms with E-state index in [2.05, 4.69) is 4.98 Å². The first-order valence-electron chi connectivity index (χ1n) is 6.67. The lowest BCUT2D eigenvalue weighted by atomic mass is 10.1. The van der Waals surface area contributed by atoms with Crippen LogP contribution in [-0.2, 0) is 11.3 Å². The third-order valence-corrected chi connectivity index (χ3v) is 3.54. The first-order chi connectivity index (χ1) is 8.81. The number of amides is 1. The minimum absolute atomic E-state index is 0.216. The minimum atomic E-state index is 0.216. The molecule has 1 unspecified atom stereocenters. The molecule has 1 fully saturated rings. The van der Waals surface area contributed by atoms with Gasteiger partial charge in [0, 0.05) is 44.6 Å². The van der Waals surface area contributed by atoms with Gasteiger partial charge in [0.05, 0.1) is 6.33 Å². The summed E-state index contributed by atoms with van der Waals surface area (Å²) in [5.74, 6) is 0.226. The standard InChI is InChI=1S/C13H21N3O2/c17-10-2-4-12-3-1-7-16(12)13(18)5-8-15-9-6-14-11-15/h6,9,11-12,17H,1-5,7-8,10H2. The van der Waals surface area contributed by atoms with Crippen LogP contribution in [0.25, 0.3) is 0 Å². The van der Waals surface area contributed by atoms with Gasteiger partial charge >= 0.3 is 0 Å². The number of aliphatic hydroxyl groups excluding tert-OH is 1. The molecule has 5 heteroatoms. The minimum Gasteiger partial charge on any atom is -0.396 e. The number of aliphatic hydroxyl groups is 1. The molecule has 1 aliphatic heterocycles. The molecule has 0 aromatic carbocycles. The SMILES string of the molecule is O=C(CCn1ccnc1)N1CCCC1CCCO. The van der Waals surface area contributed by atoms with Crippen LogP contribution in [0.3, 0.4) is 0 Å². The molecule has 0 bridgehead atoms. The summed E-state index contributed by atoms with van der Waals surface area (Å²) < 4.78 is 1.93. The van der Waals surface area contributed by atoms with Gasteiger partial charge in [-0.05, 0) is 25.7 Å². The molecule has 2 rings (SSSR count). The lowest BCUT2D eigenvalue weighted by Gasteiger charge is -2.24. The molecule has 0 spiro atoms. The molecular formula is C13H21N3O2. The van der Waals surface area contributed by atoms with Gasteiger partial charge < -0.3 is 14.6 Å². The van der Waals surface area contributed by atoms with E-state index in [1.54, 1.807) is 12.5 Å². The highest BCUT2D eigenvalue weighted by Gasteiger charge is 2.27. The van der Waals surface area contributed by atoms with Gasteiger partial charge in [-0.1, -0.05) is 0 Å². The van der Waals surface area contributed by atoms with E-state index < -0.39 is 0 Å². The summed E-state index contributed by atoms with van der Waals surface area (Å²) >= 11 is 0. The Hall–Kier alpha value is -1.36. The fourth-order valence-electron chi connectivity index (χ4n) is 2.58. The molecule has 1 saturated heterocycles. The van der Waals surface area contributed by atoms with Gasteiger partial charge in [0.2, 0.25) is 5.91 Å². The van der Waals surface area contributed by atoms with Crippen LogP contribution in [-0.4, -0.2) is 44.7 Å². The maximum Gasteiger partial charge on any atom is 0.224 e. The molecule has 0 aliphatic carbocycles. The lowest BCUT2D eigenvalue weighted by Crippen LogP contribution is -2.36. The Kier molecular flexibility index (Phi) is 4.75. The number of nitrogens with zero attached hydrogens (tertiary/aromatic N) is 3. The number of hydrogen-bond donors (Lipinski definition) is 1. The van der Waals surface area contributed by atoms with Gasteiger partial charge in [-0.3, -0.25) is 4.79 Å². The van der Waals surface area contributed by atoms with Gasteiger partial charge in [-0.15, -0.1) is 0 Å². The van der Waals surface area contributed by atoms with Gasteiger partial charge in [0.25, 0.3) is 0 Å². The molecule has 100 valence electrons. The molecule has 1 N–H and O–H groups in total. The van der Waals surface area contributed by atoms with E-state index in [-0.39, 0.29) is 12.5 Å². The average Bonchev–Trinajstić information content (AvgIpc) is 3.04. The Morgan fingerprint density at radius 3 is 3.11 bits per heavy atom. The molecule has 1 aliphatic rings. The summed E-state index contributed by atoms with van der Waals surface area (Å²) in [6, 6.07) is 0.340. The van der Waals surface area contributed by atoms with Crippen molar-refractivity contribution in [2.75, 3.05) is 13.2 Å². The number of rotatable bonds is 6. The van der Waals surface area contributed by atoms with E-state index in [1.807, 2.05) is 15.7 Å². The summed E-state index contributed by atoms with van der Waals surface area (Å²) in [7, 11) is 0. The second-order valence-corrected chi connectivity index (χ2v) is 4.80. The van der Waals surface area contributed by atoms with Crippen molar-refractivity contribution >= 4 is 5.91 Å². The highest BCUT2D eigenvalue weighted by Crippen LogP contribution is 2.22. The van der Waals surface area contributed by atoms with Crippen molar-refractivity contribution in [3.8, 4) is 0 Å². The number of aryl methyl sites for hydroxylation is 1. The van der Waals surface area contributed by atoms with Crippen LogP contribution >= 0.6 is 0 Å². The summed E-state index contributed by atoms with van der Waals surface area (Å²) in [4.78, 5) is 18.1. The Labute approximate surface area is 107 Å². The number of imidazole rings is 1. The van der Waals surface area contributed by atoms with Crippen molar-refractivity contribution in [2.24, 2.45) is 0 Å². The maximum absolute atomic E-state index is 12.1. The van der Waals surface area contributed by atoms with Gasteiger partial charge in [-0.25, -0.2) is 4.98 Å². The van der Waals surface area contributed by atoms with Crippen molar-refractivity contribution in [1.29, 1.82) is 0 Å². The van der Waals surface area contributed by atoms with E-state index in [1.165, 1.54) is 0 Å². The van der Waals surface area contributed by atoms with Gasteiger partial charge in [0.1, 0.15) is 0 Å². The van der Waals surface area contributed by atoms with Crippen molar-refractivity contribution in [3.63, 3.8) is 0 Å². The molecule has 1 aromatic rings. The summed E-state index contributed by atoms with van der Waals surface area (Å²) in [5.41, 5.74) is 0. The molecule has 18 heavy (non-hydrogen) atoms. The Balaban J connectivity index is 1.80. The van der Waals surface area contributed by atoms with Crippen LogP contribution in [0, 0.1) is 0 Å². The largest absolute Gasteiger partial charge is 0.396 e. The first-order valence-corrected chi connectivity index (χ1v) is 6.67. The molecule has 1 aromatic heterocycles. The summed E-state index contributed by atoms with van der Waals surface area (Å²) in [5, 5.41) is 8.87. The fourth-order valence-corrected chi connectivity index (χ4v) is 2.58. The Morgan fingerprint density at radius 2 is 2.39 bits per heavy atom. The molecular weight excluding hydrogens is 230 g/mol. The predicted octanol–water partition coefficient (Wildman–Crippen LogP) is 1.04. The van der Waals surface area contributed by atoms with Crippen molar-refractivity contribution in [1.82, 2.24) is 14.5 Å². The zero-order valence-electron chi connectivity index (χ0n) is 10.7. The molecule has 1 atom stereocenters. The van der Waals surface area contributed by atoms with Gasteiger partial charge in [-0.2, -0.15) is 0 Å². The molecule has 0 saturated carbocycles. The molecule has 5 nitrogen and oxygen atoms in total. The quantitative estimate of drug-likeness (QED) is 0.821. The van der Waals surface area contributed by atoms with Crippen LogP contribution in [0.2, 0.25) is 0 Å².